The summed E-state index contributed by atoms with van der Waals surface area (Å²) in [5.41, 5.74) is 2.02. The van der Waals surface area contributed by atoms with Crippen LogP contribution in [0.1, 0.15) is 28.2 Å². The van der Waals surface area contributed by atoms with Crippen LogP contribution in [0.5, 0.6) is 0 Å². The number of rotatable bonds is 8. The highest BCUT2D eigenvalue weighted by atomic mass is 32.1. The summed E-state index contributed by atoms with van der Waals surface area (Å²) in [5.74, 6) is 0.325. The van der Waals surface area contributed by atoms with Crippen LogP contribution in [0.4, 0.5) is 0 Å². The summed E-state index contributed by atoms with van der Waals surface area (Å²) in [4.78, 5) is 20.0. The molecule has 0 unspecified atom stereocenters. The zero-order valence-electron chi connectivity index (χ0n) is 18.9. The van der Waals surface area contributed by atoms with Gasteiger partial charge in [0.25, 0.3) is 0 Å². The Hall–Kier alpha value is -3.32. The van der Waals surface area contributed by atoms with Crippen molar-refractivity contribution >= 4 is 17.1 Å². The van der Waals surface area contributed by atoms with E-state index in [2.05, 4.69) is 58.4 Å². The number of imidazole rings is 1. The van der Waals surface area contributed by atoms with Gasteiger partial charge >= 0.3 is 0 Å². The van der Waals surface area contributed by atoms with Crippen LogP contribution in [0.25, 0.3) is 5.00 Å². The largest absolute Gasteiger partial charge is 0.379 e. The second kappa shape index (κ2) is 10.3. The van der Waals surface area contributed by atoms with E-state index in [0.717, 1.165) is 18.1 Å². The molecule has 1 saturated heterocycles. The summed E-state index contributed by atoms with van der Waals surface area (Å²) >= 11 is 1.58. The molecule has 1 fully saturated rings. The van der Waals surface area contributed by atoms with Crippen molar-refractivity contribution in [2.75, 3.05) is 26.3 Å². The molecule has 4 aromatic rings. The molecule has 3 heterocycles. The lowest BCUT2D eigenvalue weighted by Gasteiger charge is -2.46. The number of ketones is 1. The minimum absolute atomic E-state index is 0.101. The van der Waals surface area contributed by atoms with Crippen molar-refractivity contribution in [3.63, 3.8) is 0 Å². The van der Waals surface area contributed by atoms with Gasteiger partial charge in [0.1, 0.15) is 5.00 Å². The number of benzene rings is 2. The third-order valence-electron chi connectivity index (χ3n) is 6.34. The third-order valence-corrected chi connectivity index (χ3v) is 7.21. The van der Waals surface area contributed by atoms with E-state index in [9.17, 15) is 4.79 Å². The highest BCUT2D eigenvalue weighted by Gasteiger charge is 2.40. The van der Waals surface area contributed by atoms with Gasteiger partial charge < -0.3 is 4.74 Å². The lowest BCUT2D eigenvalue weighted by atomic mass is 9.78. The molecule has 0 aliphatic carbocycles. The fourth-order valence-electron chi connectivity index (χ4n) is 4.75. The summed E-state index contributed by atoms with van der Waals surface area (Å²) < 4.78 is 7.53. The van der Waals surface area contributed by atoms with E-state index in [1.807, 2.05) is 46.5 Å². The molecule has 2 aromatic heterocycles. The van der Waals surface area contributed by atoms with E-state index in [1.165, 1.54) is 11.1 Å². The van der Waals surface area contributed by atoms with Crippen LogP contribution in [0.2, 0.25) is 0 Å². The molecule has 172 valence electrons. The third kappa shape index (κ3) is 4.40. The molecule has 0 amide bonds. The lowest BCUT2D eigenvalue weighted by molar-refractivity contribution is -0.00954. The Bertz CT molecular complexity index is 1190. The first-order valence-corrected chi connectivity index (χ1v) is 12.4. The molecular formula is C28H27N3O2S. The van der Waals surface area contributed by atoms with Gasteiger partial charge in [-0.3, -0.25) is 14.3 Å². The molecule has 0 bridgehead atoms. The van der Waals surface area contributed by atoms with Crippen molar-refractivity contribution in [3.05, 3.63) is 120 Å². The molecule has 0 N–H and O–H groups in total. The van der Waals surface area contributed by atoms with Crippen LogP contribution >= 0.6 is 11.3 Å². The number of hydrogen-bond acceptors (Lipinski definition) is 5. The molecule has 2 aromatic carbocycles. The molecule has 1 aliphatic heterocycles. The molecule has 0 atom stereocenters. The van der Waals surface area contributed by atoms with Crippen LogP contribution in [0, 0.1) is 0 Å². The maximum atomic E-state index is 13.2. The number of ether oxygens (including phenoxy) is 1. The zero-order valence-corrected chi connectivity index (χ0v) is 19.7. The van der Waals surface area contributed by atoms with E-state index in [0.29, 0.717) is 25.5 Å². The standard InChI is InChI=1S/C28H27N3O2S/c32-25(27-29-16-17-31(27)26-14-8-22-34-26)13-7-15-28(23-9-3-1-4-10-23,24-11-5-2-6-12-24)30-18-20-33-21-19-30/h1-14,16-17,22H,15,18-21H2/b13-7+. The van der Waals surface area contributed by atoms with Gasteiger partial charge in [0.2, 0.25) is 5.78 Å². The Labute approximate surface area is 204 Å². The minimum atomic E-state index is -0.397. The van der Waals surface area contributed by atoms with Gasteiger partial charge in [0.15, 0.2) is 5.82 Å². The van der Waals surface area contributed by atoms with Crippen molar-refractivity contribution < 1.29 is 9.53 Å². The average Bonchev–Trinajstić information content (AvgIpc) is 3.61. The predicted octanol–water partition coefficient (Wildman–Crippen LogP) is 5.34. The molecule has 5 nitrogen and oxygen atoms in total. The Balaban J connectivity index is 1.51. The molecule has 0 spiro atoms. The van der Waals surface area contributed by atoms with Crippen LogP contribution in [-0.2, 0) is 10.3 Å². The normalized spacial score (nSPS) is 15.1. The second-order valence-electron chi connectivity index (χ2n) is 8.23. The van der Waals surface area contributed by atoms with Gasteiger partial charge in [-0.1, -0.05) is 66.7 Å². The van der Waals surface area contributed by atoms with E-state index < -0.39 is 5.54 Å². The predicted molar refractivity (Wildman–Crippen MR) is 136 cm³/mol. The van der Waals surface area contributed by atoms with Gasteiger partial charge in [-0.25, -0.2) is 4.98 Å². The van der Waals surface area contributed by atoms with E-state index >= 15 is 0 Å². The van der Waals surface area contributed by atoms with E-state index in [1.54, 1.807) is 23.6 Å². The van der Waals surface area contributed by atoms with Crippen molar-refractivity contribution in [3.8, 4) is 5.00 Å². The van der Waals surface area contributed by atoms with Crippen molar-refractivity contribution in [1.82, 2.24) is 14.5 Å². The average molecular weight is 470 g/mol. The minimum Gasteiger partial charge on any atom is -0.379 e. The first-order valence-electron chi connectivity index (χ1n) is 11.5. The number of carbonyl (C=O) groups excluding carboxylic acids is 1. The van der Waals surface area contributed by atoms with E-state index in [-0.39, 0.29) is 5.78 Å². The second-order valence-corrected chi connectivity index (χ2v) is 9.16. The molecule has 1 aliphatic rings. The Morgan fingerprint density at radius 2 is 1.65 bits per heavy atom. The fourth-order valence-corrected chi connectivity index (χ4v) is 5.47. The number of nitrogens with zero attached hydrogens (tertiary/aromatic N) is 3. The number of morpholine rings is 1. The lowest BCUT2D eigenvalue weighted by Crippen LogP contribution is -2.52. The van der Waals surface area contributed by atoms with Gasteiger partial charge in [0.05, 0.1) is 18.8 Å². The summed E-state index contributed by atoms with van der Waals surface area (Å²) in [6, 6.07) is 25.1. The zero-order chi connectivity index (χ0) is 23.2. The van der Waals surface area contributed by atoms with E-state index in [4.69, 9.17) is 4.74 Å². The van der Waals surface area contributed by atoms with Crippen molar-refractivity contribution in [2.45, 2.75) is 12.0 Å². The molecular weight excluding hydrogens is 442 g/mol. The quantitative estimate of drug-likeness (QED) is 0.258. The van der Waals surface area contributed by atoms with Gasteiger partial charge in [-0.2, -0.15) is 0 Å². The van der Waals surface area contributed by atoms with Crippen molar-refractivity contribution in [2.24, 2.45) is 0 Å². The Kier molecular flexibility index (Phi) is 6.81. The molecule has 34 heavy (non-hydrogen) atoms. The first-order chi connectivity index (χ1) is 16.8. The number of carbonyl (C=O) groups is 1. The SMILES string of the molecule is O=C(/C=C/CC(c1ccccc1)(c1ccccc1)N1CCOCC1)c1nccn1-c1cccs1. The van der Waals surface area contributed by atoms with Crippen LogP contribution in [0.3, 0.4) is 0 Å². The Morgan fingerprint density at radius 3 is 2.26 bits per heavy atom. The number of allylic oxidation sites excluding steroid dienone is 1. The number of hydrogen-bond donors (Lipinski definition) is 0. The molecule has 5 rings (SSSR count). The maximum Gasteiger partial charge on any atom is 0.221 e. The number of thiophene rings is 1. The fraction of sp³-hybridized carbons (Fsp3) is 0.214. The summed E-state index contributed by atoms with van der Waals surface area (Å²) in [7, 11) is 0. The number of aromatic nitrogens is 2. The first kappa shape index (κ1) is 22.5. The molecule has 0 radical (unpaired) electrons. The van der Waals surface area contributed by atoms with Crippen molar-refractivity contribution in [1.29, 1.82) is 0 Å². The maximum absolute atomic E-state index is 13.2. The van der Waals surface area contributed by atoms with Crippen LogP contribution < -0.4 is 0 Å². The summed E-state index contributed by atoms with van der Waals surface area (Å²) in [6.07, 6.45) is 7.84. The van der Waals surface area contributed by atoms with Crippen LogP contribution in [0.15, 0.2) is 103 Å². The van der Waals surface area contributed by atoms with Gasteiger partial charge in [-0.15, -0.1) is 11.3 Å². The highest BCUT2D eigenvalue weighted by Crippen LogP contribution is 2.40. The monoisotopic (exact) mass is 469 g/mol. The Morgan fingerprint density at radius 1 is 0.971 bits per heavy atom. The highest BCUT2D eigenvalue weighted by molar-refractivity contribution is 7.12. The topological polar surface area (TPSA) is 47.4 Å². The smallest absolute Gasteiger partial charge is 0.221 e. The van der Waals surface area contributed by atoms with Gasteiger partial charge in [-0.05, 0) is 41.1 Å². The molecule has 6 heteroatoms. The molecule has 0 saturated carbocycles. The summed E-state index contributed by atoms with van der Waals surface area (Å²) in [6.45, 7) is 3.05. The van der Waals surface area contributed by atoms with Gasteiger partial charge in [0, 0.05) is 25.5 Å². The summed E-state index contributed by atoms with van der Waals surface area (Å²) in [5, 5.41) is 2.97. The van der Waals surface area contributed by atoms with Crippen LogP contribution in [-0.4, -0.2) is 46.5 Å².